The molecule has 0 atom stereocenters. The third kappa shape index (κ3) is 3.96. The van der Waals surface area contributed by atoms with E-state index in [0.29, 0.717) is 5.69 Å². The molecule has 140 valence electrons. The molecule has 2 saturated heterocycles. The summed E-state index contributed by atoms with van der Waals surface area (Å²) in [6.45, 7) is 2.17. The van der Waals surface area contributed by atoms with Crippen molar-refractivity contribution in [3.8, 4) is 0 Å². The lowest BCUT2D eigenvalue weighted by molar-refractivity contribution is 0.138. The zero-order valence-electron chi connectivity index (χ0n) is 15.1. The minimum atomic E-state index is -0.157. The summed E-state index contributed by atoms with van der Waals surface area (Å²) in [6.07, 6.45) is 4.66. The van der Waals surface area contributed by atoms with Crippen LogP contribution in [0.4, 0.5) is 10.5 Å². The van der Waals surface area contributed by atoms with Gasteiger partial charge in [-0.2, -0.15) is 26.8 Å². The van der Waals surface area contributed by atoms with Crippen molar-refractivity contribution in [1.29, 1.82) is 0 Å². The molecule has 0 radical (unpaired) electrons. The lowest BCUT2D eigenvalue weighted by Gasteiger charge is -2.39. The highest BCUT2D eigenvalue weighted by molar-refractivity contribution is 7.99. The van der Waals surface area contributed by atoms with Gasteiger partial charge in [0, 0.05) is 32.2 Å². The van der Waals surface area contributed by atoms with Crippen LogP contribution in [0.25, 0.3) is 11.0 Å². The number of hydrogen-bond donors (Lipinski definition) is 2. The van der Waals surface area contributed by atoms with Crippen LogP contribution in [0.2, 0.25) is 0 Å². The lowest BCUT2D eigenvalue weighted by Crippen LogP contribution is -2.49. The second-order valence-electron chi connectivity index (χ2n) is 7.11. The standard InChI is InChI=1S/C18H26N6OS/c1-23-21-16-4-2-3-15(17(16)22-23)20-18(25)19-13-5-9-24(10-6-13)14-7-11-26-12-8-14/h2-4,13-14H,5-12H2,1H3,(H2,19,20,25). The number of urea groups is 1. The summed E-state index contributed by atoms with van der Waals surface area (Å²) in [5, 5.41) is 14.7. The Morgan fingerprint density at radius 2 is 1.92 bits per heavy atom. The molecule has 4 rings (SSSR count). The number of nitrogens with zero attached hydrogens (tertiary/aromatic N) is 4. The van der Waals surface area contributed by atoms with Gasteiger partial charge in [-0.15, -0.1) is 0 Å². The second-order valence-corrected chi connectivity index (χ2v) is 8.34. The molecule has 0 saturated carbocycles. The Kier molecular flexibility index (Phi) is 5.31. The number of amides is 2. The number of carbonyl (C=O) groups excluding carboxylic acids is 1. The number of aryl methyl sites for hydroxylation is 1. The zero-order valence-corrected chi connectivity index (χ0v) is 16.0. The maximum absolute atomic E-state index is 12.4. The zero-order chi connectivity index (χ0) is 17.9. The third-order valence-corrected chi connectivity index (χ3v) is 6.38. The average molecular weight is 375 g/mol. The number of rotatable bonds is 3. The van der Waals surface area contributed by atoms with Crippen LogP contribution < -0.4 is 10.6 Å². The Hall–Kier alpha value is -1.80. The number of nitrogens with one attached hydrogen (secondary N) is 2. The second kappa shape index (κ2) is 7.84. The fourth-order valence-corrected chi connectivity index (χ4v) is 5.03. The predicted molar refractivity (Wildman–Crippen MR) is 106 cm³/mol. The van der Waals surface area contributed by atoms with Crippen LogP contribution >= 0.6 is 11.8 Å². The van der Waals surface area contributed by atoms with Gasteiger partial charge in [-0.05, 0) is 49.3 Å². The van der Waals surface area contributed by atoms with Crippen molar-refractivity contribution in [3.05, 3.63) is 18.2 Å². The topological polar surface area (TPSA) is 75.1 Å². The molecular formula is C18H26N6OS. The van der Waals surface area contributed by atoms with Crippen LogP contribution in [-0.2, 0) is 7.05 Å². The SMILES string of the molecule is Cn1nc2cccc(NC(=O)NC3CCN(C4CCSCC4)CC3)c2n1. The molecule has 8 heteroatoms. The molecule has 2 aliphatic rings. The summed E-state index contributed by atoms with van der Waals surface area (Å²) in [6, 6.07) is 6.47. The van der Waals surface area contributed by atoms with E-state index >= 15 is 0 Å². The number of benzene rings is 1. The fraction of sp³-hybridized carbons (Fsp3) is 0.611. The highest BCUT2D eigenvalue weighted by atomic mass is 32.2. The van der Waals surface area contributed by atoms with Crippen molar-refractivity contribution < 1.29 is 4.79 Å². The summed E-state index contributed by atoms with van der Waals surface area (Å²) in [5.74, 6) is 2.58. The minimum absolute atomic E-state index is 0.157. The van der Waals surface area contributed by atoms with E-state index in [1.54, 1.807) is 7.05 Å². The van der Waals surface area contributed by atoms with Crippen LogP contribution in [0.1, 0.15) is 25.7 Å². The Bertz CT molecular complexity index is 764. The Balaban J connectivity index is 1.30. The van der Waals surface area contributed by atoms with Gasteiger partial charge in [0.05, 0.1) is 5.69 Å². The molecule has 3 heterocycles. The van der Waals surface area contributed by atoms with Gasteiger partial charge in [0.1, 0.15) is 11.0 Å². The number of fused-ring (bicyclic) bond motifs is 1. The molecule has 2 fully saturated rings. The number of anilines is 1. The molecule has 26 heavy (non-hydrogen) atoms. The number of piperidine rings is 1. The first-order valence-electron chi connectivity index (χ1n) is 9.38. The first kappa shape index (κ1) is 17.6. The van der Waals surface area contributed by atoms with Crippen molar-refractivity contribution in [2.45, 2.75) is 37.8 Å². The molecule has 0 unspecified atom stereocenters. The quantitative estimate of drug-likeness (QED) is 0.863. The molecule has 2 amide bonds. The van der Waals surface area contributed by atoms with Crippen LogP contribution in [0, 0.1) is 0 Å². The van der Waals surface area contributed by atoms with Crippen LogP contribution in [0.5, 0.6) is 0 Å². The highest BCUT2D eigenvalue weighted by Crippen LogP contribution is 2.25. The average Bonchev–Trinajstić information content (AvgIpc) is 3.04. The molecule has 7 nitrogen and oxygen atoms in total. The Morgan fingerprint density at radius 3 is 2.69 bits per heavy atom. The van der Waals surface area contributed by atoms with E-state index in [4.69, 9.17) is 0 Å². The van der Waals surface area contributed by atoms with Crippen molar-refractivity contribution in [2.75, 3.05) is 29.9 Å². The number of aromatic nitrogens is 3. The van der Waals surface area contributed by atoms with E-state index in [2.05, 4.69) is 37.5 Å². The molecule has 0 bridgehead atoms. The van der Waals surface area contributed by atoms with Gasteiger partial charge in [0.2, 0.25) is 0 Å². The molecule has 1 aromatic carbocycles. The van der Waals surface area contributed by atoms with Gasteiger partial charge in [-0.1, -0.05) is 6.07 Å². The predicted octanol–water partition coefficient (Wildman–Crippen LogP) is 2.45. The Labute approximate surface area is 157 Å². The van der Waals surface area contributed by atoms with Crippen LogP contribution in [-0.4, -0.2) is 62.6 Å². The maximum Gasteiger partial charge on any atom is 0.319 e. The summed E-state index contributed by atoms with van der Waals surface area (Å²) in [4.78, 5) is 16.6. The van der Waals surface area contributed by atoms with Crippen molar-refractivity contribution in [3.63, 3.8) is 0 Å². The number of likely N-dealkylation sites (tertiary alicyclic amines) is 1. The summed E-state index contributed by atoms with van der Waals surface area (Å²) < 4.78 is 0. The number of hydrogen-bond acceptors (Lipinski definition) is 5. The van der Waals surface area contributed by atoms with E-state index < -0.39 is 0 Å². The molecule has 2 aliphatic heterocycles. The van der Waals surface area contributed by atoms with Crippen molar-refractivity contribution >= 4 is 34.5 Å². The van der Waals surface area contributed by atoms with Gasteiger partial charge in [0.15, 0.2) is 0 Å². The van der Waals surface area contributed by atoms with E-state index in [1.165, 1.54) is 29.1 Å². The molecular weight excluding hydrogens is 348 g/mol. The minimum Gasteiger partial charge on any atom is -0.335 e. The number of thioether (sulfide) groups is 1. The van der Waals surface area contributed by atoms with E-state index in [0.717, 1.165) is 43.0 Å². The number of carbonyl (C=O) groups is 1. The van der Waals surface area contributed by atoms with E-state index in [1.807, 2.05) is 18.2 Å². The normalized spacial score (nSPS) is 20.3. The summed E-state index contributed by atoms with van der Waals surface area (Å²) in [7, 11) is 1.78. The highest BCUT2D eigenvalue weighted by Gasteiger charge is 2.27. The largest absolute Gasteiger partial charge is 0.335 e. The molecule has 1 aromatic heterocycles. The molecule has 2 aromatic rings. The van der Waals surface area contributed by atoms with Crippen molar-refractivity contribution in [2.24, 2.45) is 7.05 Å². The Morgan fingerprint density at radius 1 is 1.15 bits per heavy atom. The molecule has 2 N–H and O–H groups in total. The summed E-state index contributed by atoms with van der Waals surface area (Å²) in [5.41, 5.74) is 2.20. The first-order valence-corrected chi connectivity index (χ1v) is 10.5. The van der Waals surface area contributed by atoms with Gasteiger partial charge in [-0.25, -0.2) is 4.79 Å². The van der Waals surface area contributed by atoms with Gasteiger partial charge < -0.3 is 15.5 Å². The first-order chi connectivity index (χ1) is 12.7. The van der Waals surface area contributed by atoms with E-state index in [-0.39, 0.29) is 12.1 Å². The molecule has 0 spiro atoms. The molecule has 0 aliphatic carbocycles. The maximum atomic E-state index is 12.4. The fourth-order valence-electron chi connectivity index (χ4n) is 3.94. The van der Waals surface area contributed by atoms with Gasteiger partial charge in [0.25, 0.3) is 0 Å². The van der Waals surface area contributed by atoms with Gasteiger partial charge >= 0.3 is 6.03 Å². The van der Waals surface area contributed by atoms with Crippen LogP contribution in [0.15, 0.2) is 18.2 Å². The lowest BCUT2D eigenvalue weighted by atomic mass is 10.0. The van der Waals surface area contributed by atoms with E-state index in [9.17, 15) is 4.79 Å². The smallest absolute Gasteiger partial charge is 0.319 e. The van der Waals surface area contributed by atoms with Crippen molar-refractivity contribution in [1.82, 2.24) is 25.2 Å². The third-order valence-electron chi connectivity index (χ3n) is 5.33. The monoisotopic (exact) mass is 374 g/mol. The summed E-state index contributed by atoms with van der Waals surface area (Å²) >= 11 is 2.07. The van der Waals surface area contributed by atoms with Gasteiger partial charge in [-0.3, -0.25) is 0 Å². The van der Waals surface area contributed by atoms with Crippen LogP contribution in [0.3, 0.4) is 0 Å².